The molecule has 1 amide bonds. The summed E-state index contributed by atoms with van der Waals surface area (Å²) >= 11 is 0. The SMILES string of the molecule is Cl.NCCN(Cc1ccccc1)C(=O)[C@@H]1CCCO1. The monoisotopic (exact) mass is 284 g/mol. The molecule has 1 heterocycles. The van der Waals surface area contributed by atoms with Gasteiger partial charge in [0.15, 0.2) is 0 Å². The minimum Gasteiger partial charge on any atom is -0.368 e. The van der Waals surface area contributed by atoms with Gasteiger partial charge in [0.05, 0.1) is 0 Å². The molecule has 0 aliphatic carbocycles. The smallest absolute Gasteiger partial charge is 0.252 e. The molecule has 0 spiro atoms. The molecule has 0 radical (unpaired) electrons. The van der Waals surface area contributed by atoms with Crippen molar-refractivity contribution in [1.29, 1.82) is 0 Å². The summed E-state index contributed by atoms with van der Waals surface area (Å²) in [5.74, 6) is 0.0711. The van der Waals surface area contributed by atoms with Crippen LogP contribution in [0.3, 0.4) is 0 Å². The molecule has 0 saturated carbocycles. The maximum Gasteiger partial charge on any atom is 0.252 e. The maximum absolute atomic E-state index is 12.3. The van der Waals surface area contributed by atoms with Crippen molar-refractivity contribution in [2.24, 2.45) is 5.73 Å². The first kappa shape index (κ1) is 16.0. The molecular formula is C14H21ClN2O2. The third-order valence-electron chi connectivity index (χ3n) is 3.13. The Hall–Kier alpha value is -1.10. The van der Waals surface area contributed by atoms with Crippen LogP contribution in [0.5, 0.6) is 0 Å². The molecule has 1 fully saturated rings. The molecule has 2 rings (SSSR count). The van der Waals surface area contributed by atoms with Gasteiger partial charge < -0.3 is 15.4 Å². The normalized spacial score (nSPS) is 17.8. The highest BCUT2D eigenvalue weighted by atomic mass is 35.5. The van der Waals surface area contributed by atoms with Crippen molar-refractivity contribution < 1.29 is 9.53 Å². The van der Waals surface area contributed by atoms with Crippen molar-refractivity contribution in [2.45, 2.75) is 25.5 Å². The summed E-state index contributed by atoms with van der Waals surface area (Å²) in [6.45, 7) is 2.35. The van der Waals surface area contributed by atoms with Crippen molar-refractivity contribution in [1.82, 2.24) is 4.90 Å². The van der Waals surface area contributed by atoms with Gasteiger partial charge in [-0.3, -0.25) is 4.79 Å². The highest BCUT2D eigenvalue weighted by molar-refractivity contribution is 5.85. The van der Waals surface area contributed by atoms with E-state index >= 15 is 0 Å². The summed E-state index contributed by atoms with van der Waals surface area (Å²) < 4.78 is 5.45. The van der Waals surface area contributed by atoms with E-state index in [-0.39, 0.29) is 24.4 Å². The van der Waals surface area contributed by atoms with Crippen molar-refractivity contribution >= 4 is 18.3 Å². The lowest BCUT2D eigenvalue weighted by molar-refractivity contribution is -0.141. The van der Waals surface area contributed by atoms with Crippen LogP contribution < -0.4 is 5.73 Å². The first-order valence-corrected chi connectivity index (χ1v) is 6.45. The molecule has 0 unspecified atom stereocenters. The largest absolute Gasteiger partial charge is 0.368 e. The number of hydrogen-bond acceptors (Lipinski definition) is 3. The quantitative estimate of drug-likeness (QED) is 0.893. The van der Waals surface area contributed by atoms with Crippen molar-refractivity contribution in [2.75, 3.05) is 19.7 Å². The molecule has 1 atom stereocenters. The molecule has 5 heteroatoms. The molecule has 1 aromatic rings. The number of nitrogens with zero attached hydrogens (tertiary/aromatic N) is 1. The summed E-state index contributed by atoms with van der Waals surface area (Å²) in [7, 11) is 0. The zero-order valence-electron chi connectivity index (χ0n) is 11.0. The van der Waals surface area contributed by atoms with Gasteiger partial charge >= 0.3 is 0 Å². The zero-order valence-corrected chi connectivity index (χ0v) is 11.8. The topological polar surface area (TPSA) is 55.6 Å². The second-order valence-corrected chi connectivity index (χ2v) is 4.54. The molecule has 19 heavy (non-hydrogen) atoms. The lowest BCUT2D eigenvalue weighted by Gasteiger charge is -2.24. The predicted molar refractivity (Wildman–Crippen MR) is 77.1 cm³/mol. The third-order valence-corrected chi connectivity index (χ3v) is 3.13. The Morgan fingerprint density at radius 3 is 2.68 bits per heavy atom. The Morgan fingerprint density at radius 1 is 1.37 bits per heavy atom. The molecule has 0 aromatic heterocycles. The van der Waals surface area contributed by atoms with Gasteiger partial charge in [0.25, 0.3) is 5.91 Å². The molecular weight excluding hydrogens is 264 g/mol. The van der Waals surface area contributed by atoms with Crippen LogP contribution in [0.2, 0.25) is 0 Å². The van der Waals surface area contributed by atoms with E-state index in [4.69, 9.17) is 10.5 Å². The van der Waals surface area contributed by atoms with Crippen molar-refractivity contribution in [3.63, 3.8) is 0 Å². The molecule has 1 aliphatic rings. The van der Waals surface area contributed by atoms with Crippen LogP contribution in [0.15, 0.2) is 30.3 Å². The molecule has 1 aliphatic heterocycles. The molecule has 1 aromatic carbocycles. The first-order chi connectivity index (χ1) is 8.81. The van der Waals surface area contributed by atoms with Gasteiger partial charge in [-0.15, -0.1) is 12.4 Å². The van der Waals surface area contributed by atoms with Crippen LogP contribution in [0.4, 0.5) is 0 Å². The second kappa shape index (κ2) is 8.15. The summed E-state index contributed by atoms with van der Waals surface area (Å²) in [5.41, 5.74) is 6.71. The van der Waals surface area contributed by atoms with E-state index in [1.165, 1.54) is 0 Å². The average molecular weight is 285 g/mol. The summed E-state index contributed by atoms with van der Waals surface area (Å²) in [5, 5.41) is 0. The highest BCUT2D eigenvalue weighted by Gasteiger charge is 2.27. The second-order valence-electron chi connectivity index (χ2n) is 4.54. The van der Waals surface area contributed by atoms with Gasteiger partial charge in [0, 0.05) is 26.2 Å². The van der Waals surface area contributed by atoms with E-state index in [1.54, 1.807) is 4.90 Å². The number of carbonyl (C=O) groups excluding carboxylic acids is 1. The first-order valence-electron chi connectivity index (χ1n) is 6.45. The van der Waals surface area contributed by atoms with Crippen molar-refractivity contribution in [3.05, 3.63) is 35.9 Å². The van der Waals surface area contributed by atoms with Crippen molar-refractivity contribution in [3.8, 4) is 0 Å². The fraction of sp³-hybridized carbons (Fsp3) is 0.500. The predicted octanol–water partition coefficient (Wildman–Crippen LogP) is 1.57. The van der Waals surface area contributed by atoms with Gasteiger partial charge in [0.2, 0.25) is 0 Å². The lowest BCUT2D eigenvalue weighted by Crippen LogP contribution is -2.41. The van der Waals surface area contributed by atoms with E-state index in [0.29, 0.717) is 26.2 Å². The fourth-order valence-corrected chi connectivity index (χ4v) is 2.20. The van der Waals surface area contributed by atoms with E-state index in [9.17, 15) is 4.79 Å². The number of ether oxygens (including phenoxy) is 1. The van der Waals surface area contributed by atoms with Gasteiger partial charge in [0.1, 0.15) is 6.10 Å². The van der Waals surface area contributed by atoms with E-state index in [1.807, 2.05) is 30.3 Å². The zero-order chi connectivity index (χ0) is 12.8. The summed E-state index contributed by atoms with van der Waals surface area (Å²) in [4.78, 5) is 14.1. The highest BCUT2D eigenvalue weighted by Crippen LogP contribution is 2.16. The van der Waals surface area contributed by atoms with Gasteiger partial charge in [-0.25, -0.2) is 0 Å². The Balaban J connectivity index is 0.00000180. The van der Waals surface area contributed by atoms with Crippen LogP contribution >= 0.6 is 12.4 Å². The summed E-state index contributed by atoms with van der Waals surface area (Å²) in [6, 6.07) is 9.97. The number of hydrogen-bond donors (Lipinski definition) is 1. The number of rotatable bonds is 5. The number of halogens is 1. The number of nitrogens with two attached hydrogens (primary N) is 1. The van der Waals surface area contributed by atoms with Gasteiger partial charge in [-0.1, -0.05) is 30.3 Å². The summed E-state index contributed by atoms with van der Waals surface area (Å²) in [6.07, 6.45) is 1.53. The Bertz CT molecular complexity index is 380. The van der Waals surface area contributed by atoms with Crippen LogP contribution in [-0.2, 0) is 16.1 Å². The molecule has 0 bridgehead atoms. The van der Waals surface area contributed by atoms with E-state index in [2.05, 4.69) is 0 Å². The number of carbonyl (C=O) groups is 1. The third kappa shape index (κ3) is 4.49. The molecule has 106 valence electrons. The van der Waals surface area contributed by atoms with Crippen LogP contribution in [0.1, 0.15) is 18.4 Å². The average Bonchev–Trinajstić information content (AvgIpc) is 2.92. The number of benzene rings is 1. The van der Waals surface area contributed by atoms with Crippen LogP contribution in [0.25, 0.3) is 0 Å². The van der Waals surface area contributed by atoms with Crippen LogP contribution in [-0.4, -0.2) is 36.6 Å². The minimum absolute atomic E-state index is 0. The van der Waals surface area contributed by atoms with E-state index < -0.39 is 0 Å². The standard InChI is InChI=1S/C14H20N2O2.ClH/c15-8-9-16(11-12-5-2-1-3-6-12)14(17)13-7-4-10-18-13;/h1-3,5-6,13H,4,7-11,15H2;1H/t13-;/m0./s1. The lowest BCUT2D eigenvalue weighted by atomic mass is 10.1. The minimum atomic E-state index is -0.264. The van der Waals surface area contributed by atoms with Crippen LogP contribution in [0, 0.1) is 0 Å². The number of amides is 1. The fourth-order valence-electron chi connectivity index (χ4n) is 2.20. The Morgan fingerprint density at radius 2 is 2.11 bits per heavy atom. The molecule has 1 saturated heterocycles. The molecule has 2 N–H and O–H groups in total. The van der Waals surface area contributed by atoms with Gasteiger partial charge in [-0.05, 0) is 18.4 Å². The van der Waals surface area contributed by atoms with Gasteiger partial charge in [-0.2, -0.15) is 0 Å². The van der Waals surface area contributed by atoms with E-state index in [0.717, 1.165) is 18.4 Å². The molecule has 4 nitrogen and oxygen atoms in total. The maximum atomic E-state index is 12.3. The Kier molecular flexibility index (Phi) is 6.84. The Labute approximate surface area is 120 Å².